The Balaban J connectivity index is 3.02. The average Bonchev–Trinajstić information content (AvgIpc) is 2.52. The third kappa shape index (κ3) is 2.39. The lowest BCUT2D eigenvalue weighted by atomic mass is 9.81. The van der Waals surface area contributed by atoms with Crippen molar-refractivity contribution in [3.8, 4) is 0 Å². The molecule has 1 rings (SSSR count). The Kier molecular flexibility index (Phi) is 4.35. The van der Waals surface area contributed by atoms with Crippen molar-refractivity contribution in [3.63, 3.8) is 0 Å². The zero-order valence-electron chi connectivity index (χ0n) is 10.00. The van der Waals surface area contributed by atoms with Crippen LogP contribution in [0.25, 0.3) is 0 Å². The maximum Gasteiger partial charge on any atom is 0.130 e. The number of hydrogen-bond donors (Lipinski definition) is 2. The summed E-state index contributed by atoms with van der Waals surface area (Å²) in [5, 5.41) is 23.6. The van der Waals surface area contributed by atoms with E-state index in [1.807, 2.05) is 13.8 Å². The van der Waals surface area contributed by atoms with Crippen LogP contribution in [0.5, 0.6) is 0 Å². The Hall–Kier alpha value is -0.580. The molecule has 0 aliphatic rings. The third-order valence-corrected chi connectivity index (χ3v) is 3.72. The first-order valence-electron chi connectivity index (χ1n) is 5.39. The number of aliphatic hydroxyl groups excluding tert-OH is 2. The molecule has 0 amide bonds. The van der Waals surface area contributed by atoms with E-state index < -0.39 is 5.41 Å². The molecule has 0 aliphatic heterocycles. The zero-order chi connectivity index (χ0) is 12.3. The molecule has 0 aromatic carbocycles. The second-order valence-corrected chi connectivity index (χ2v) is 4.68. The van der Waals surface area contributed by atoms with Gasteiger partial charge in [-0.1, -0.05) is 18.5 Å². The molecule has 0 saturated heterocycles. The molecule has 0 fully saturated rings. The van der Waals surface area contributed by atoms with Crippen LogP contribution >= 0.6 is 11.6 Å². The lowest BCUT2D eigenvalue weighted by Crippen LogP contribution is -2.31. The Morgan fingerprint density at radius 2 is 1.94 bits per heavy atom. The van der Waals surface area contributed by atoms with Gasteiger partial charge < -0.3 is 10.2 Å². The molecule has 0 bridgehead atoms. The van der Waals surface area contributed by atoms with Crippen LogP contribution in [0.4, 0.5) is 0 Å². The van der Waals surface area contributed by atoms with Crippen molar-refractivity contribution in [1.82, 2.24) is 9.78 Å². The van der Waals surface area contributed by atoms with Crippen LogP contribution in [0.2, 0.25) is 5.15 Å². The number of aryl methyl sites for hydroxylation is 2. The topological polar surface area (TPSA) is 58.3 Å². The smallest absolute Gasteiger partial charge is 0.130 e. The maximum absolute atomic E-state index is 9.40. The van der Waals surface area contributed by atoms with Gasteiger partial charge in [0.1, 0.15) is 5.15 Å². The molecule has 0 atom stereocenters. The molecule has 0 radical (unpaired) electrons. The van der Waals surface area contributed by atoms with Crippen molar-refractivity contribution >= 4 is 11.6 Å². The molecule has 92 valence electrons. The summed E-state index contributed by atoms with van der Waals surface area (Å²) in [5.41, 5.74) is 1.26. The highest BCUT2D eigenvalue weighted by Crippen LogP contribution is 2.30. The standard InChI is InChI=1S/C11H19ClN2O2/c1-4-11(6-15,7-16)5-9-8(2)13-14(3)10(9)12/h15-16H,4-7H2,1-3H3. The van der Waals surface area contributed by atoms with E-state index in [0.717, 1.165) is 11.3 Å². The summed E-state index contributed by atoms with van der Waals surface area (Å²) in [6.07, 6.45) is 1.25. The van der Waals surface area contributed by atoms with Gasteiger partial charge in [0.15, 0.2) is 0 Å². The van der Waals surface area contributed by atoms with Crippen LogP contribution < -0.4 is 0 Å². The molecule has 5 heteroatoms. The van der Waals surface area contributed by atoms with Crippen molar-refractivity contribution < 1.29 is 10.2 Å². The van der Waals surface area contributed by atoms with Gasteiger partial charge in [0.05, 0.1) is 18.9 Å². The third-order valence-electron chi connectivity index (χ3n) is 3.24. The molecule has 0 unspecified atom stereocenters. The van der Waals surface area contributed by atoms with Gasteiger partial charge >= 0.3 is 0 Å². The Morgan fingerprint density at radius 1 is 1.38 bits per heavy atom. The van der Waals surface area contributed by atoms with E-state index in [4.69, 9.17) is 11.6 Å². The van der Waals surface area contributed by atoms with Crippen LogP contribution in [-0.4, -0.2) is 33.2 Å². The minimum absolute atomic E-state index is 0.0509. The SMILES string of the molecule is CCC(CO)(CO)Cc1c(C)nn(C)c1Cl. The van der Waals surface area contributed by atoms with Crippen LogP contribution in [0, 0.1) is 12.3 Å². The summed E-state index contributed by atoms with van der Waals surface area (Å²) in [7, 11) is 1.78. The Labute approximate surface area is 101 Å². The van der Waals surface area contributed by atoms with Gasteiger partial charge in [0.2, 0.25) is 0 Å². The van der Waals surface area contributed by atoms with Crippen molar-refractivity contribution in [1.29, 1.82) is 0 Å². The highest BCUT2D eigenvalue weighted by molar-refractivity contribution is 6.30. The number of rotatable bonds is 5. The zero-order valence-corrected chi connectivity index (χ0v) is 10.8. The van der Waals surface area contributed by atoms with E-state index in [9.17, 15) is 10.2 Å². The molecule has 16 heavy (non-hydrogen) atoms. The first-order valence-corrected chi connectivity index (χ1v) is 5.77. The van der Waals surface area contributed by atoms with Crippen molar-refractivity contribution in [2.24, 2.45) is 12.5 Å². The van der Waals surface area contributed by atoms with Crippen LogP contribution in [-0.2, 0) is 13.5 Å². The summed E-state index contributed by atoms with van der Waals surface area (Å²) in [6, 6.07) is 0. The van der Waals surface area contributed by atoms with Gasteiger partial charge in [-0.3, -0.25) is 4.68 Å². The van der Waals surface area contributed by atoms with Crippen LogP contribution in [0.1, 0.15) is 24.6 Å². The van der Waals surface area contributed by atoms with Crippen LogP contribution in [0.15, 0.2) is 0 Å². The lowest BCUT2D eigenvalue weighted by Gasteiger charge is -2.28. The van der Waals surface area contributed by atoms with Crippen molar-refractivity contribution in [2.75, 3.05) is 13.2 Å². The first kappa shape index (κ1) is 13.5. The van der Waals surface area contributed by atoms with E-state index >= 15 is 0 Å². The summed E-state index contributed by atoms with van der Waals surface area (Å²) < 4.78 is 1.61. The van der Waals surface area contributed by atoms with E-state index in [2.05, 4.69) is 5.10 Å². The van der Waals surface area contributed by atoms with Crippen molar-refractivity contribution in [3.05, 3.63) is 16.4 Å². The lowest BCUT2D eigenvalue weighted by molar-refractivity contribution is 0.0513. The monoisotopic (exact) mass is 246 g/mol. The number of halogens is 1. The number of aromatic nitrogens is 2. The molecular weight excluding hydrogens is 228 g/mol. The number of hydrogen-bond acceptors (Lipinski definition) is 3. The molecular formula is C11H19ClN2O2. The largest absolute Gasteiger partial charge is 0.396 e. The second kappa shape index (κ2) is 5.17. The van der Waals surface area contributed by atoms with Gasteiger partial charge in [-0.25, -0.2) is 0 Å². The summed E-state index contributed by atoms with van der Waals surface area (Å²) in [5.74, 6) is 0. The van der Waals surface area contributed by atoms with Gasteiger partial charge in [0.25, 0.3) is 0 Å². The predicted molar refractivity (Wildman–Crippen MR) is 63.6 cm³/mol. The molecule has 0 saturated carbocycles. The maximum atomic E-state index is 9.40. The highest BCUT2D eigenvalue weighted by atomic mass is 35.5. The molecule has 4 nitrogen and oxygen atoms in total. The molecule has 0 aliphatic carbocycles. The fraction of sp³-hybridized carbons (Fsp3) is 0.727. The van der Waals surface area contributed by atoms with E-state index in [1.54, 1.807) is 11.7 Å². The Morgan fingerprint density at radius 3 is 2.25 bits per heavy atom. The van der Waals surface area contributed by atoms with E-state index in [0.29, 0.717) is 18.0 Å². The first-order chi connectivity index (χ1) is 7.49. The second-order valence-electron chi connectivity index (χ2n) is 4.32. The van der Waals surface area contributed by atoms with E-state index in [-0.39, 0.29) is 13.2 Å². The minimum atomic E-state index is -0.503. The molecule has 1 aromatic heterocycles. The fourth-order valence-electron chi connectivity index (χ4n) is 1.76. The molecule has 1 heterocycles. The number of aliphatic hydroxyl groups is 2. The predicted octanol–water partition coefficient (Wildman–Crippen LogP) is 1.31. The van der Waals surface area contributed by atoms with Gasteiger partial charge in [-0.05, 0) is 19.8 Å². The minimum Gasteiger partial charge on any atom is -0.396 e. The van der Waals surface area contributed by atoms with Gasteiger partial charge in [-0.15, -0.1) is 0 Å². The van der Waals surface area contributed by atoms with Crippen molar-refractivity contribution in [2.45, 2.75) is 26.7 Å². The highest BCUT2D eigenvalue weighted by Gasteiger charge is 2.29. The molecule has 2 N–H and O–H groups in total. The molecule has 0 spiro atoms. The Bertz CT molecular complexity index is 351. The number of nitrogens with zero attached hydrogens (tertiary/aromatic N) is 2. The van der Waals surface area contributed by atoms with Gasteiger partial charge in [0, 0.05) is 18.0 Å². The summed E-state index contributed by atoms with van der Waals surface area (Å²) >= 11 is 6.13. The average molecular weight is 247 g/mol. The normalized spacial score (nSPS) is 12.1. The summed E-state index contributed by atoms with van der Waals surface area (Å²) in [6.45, 7) is 3.73. The summed E-state index contributed by atoms with van der Waals surface area (Å²) in [4.78, 5) is 0. The van der Waals surface area contributed by atoms with E-state index in [1.165, 1.54) is 0 Å². The molecule has 1 aromatic rings. The quantitative estimate of drug-likeness (QED) is 0.824. The van der Waals surface area contributed by atoms with Crippen LogP contribution in [0.3, 0.4) is 0 Å². The van der Waals surface area contributed by atoms with Gasteiger partial charge in [-0.2, -0.15) is 5.10 Å². The fourth-order valence-corrected chi connectivity index (χ4v) is 2.00.